The van der Waals surface area contributed by atoms with Gasteiger partial charge in [0.1, 0.15) is 0 Å². The molecule has 150 valence electrons. The van der Waals surface area contributed by atoms with Gasteiger partial charge in [0.05, 0.1) is 13.2 Å². The van der Waals surface area contributed by atoms with Crippen LogP contribution in [0.4, 0.5) is 0 Å². The summed E-state index contributed by atoms with van der Waals surface area (Å²) in [5.74, 6) is 2.40. The van der Waals surface area contributed by atoms with E-state index < -0.39 is 0 Å². The van der Waals surface area contributed by atoms with Crippen molar-refractivity contribution in [1.82, 2.24) is 20.8 Å². The first-order valence-electron chi connectivity index (χ1n) is 9.12. The van der Waals surface area contributed by atoms with Crippen molar-refractivity contribution in [3.8, 4) is 0 Å². The summed E-state index contributed by atoms with van der Waals surface area (Å²) in [5, 5.41) is 19.8. The van der Waals surface area contributed by atoms with E-state index in [0.717, 1.165) is 37.8 Å². The molecule has 0 bridgehead atoms. The Labute approximate surface area is 172 Å². The maximum Gasteiger partial charge on any atom is 0.228 e. The minimum Gasteiger partial charge on any atom is -0.396 e. The first kappa shape index (κ1) is 23.1. The zero-order chi connectivity index (χ0) is 18.1. The van der Waals surface area contributed by atoms with Crippen LogP contribution in [0.1, 0.15) is 51.2 Å². The van der Waals surface area contributed by atoms with Gasteiger partial charge < -0.3 is 25.0 Å². The van der Waals surface area contributed by atoms with Crippen LogP contribution in [0, 0.1) is 5.41 Å². The highest BCUT2D eigenvalue weighted by Gasteiger charge is 2.34. The van der Waals surface area contributed by atoms with Gasteiger partial charge in [-0.2, -0.15) is 4.98 Å². The summed E-state index contributed by atoms with van der Waals surface area (Å²) in [5.41, 5.74) is -0.0459. The van der Waals surface area contributed by atoms with E-state index in [2.05, 4.69) is 25.8 Å². The molecule has 1 aliphatic heterocycles. The molecular weight excluding hydrogens is 449 g/mol. The second kappa shape index (κ2) is 11.7. The van der Waals surface area contributed by atoms with Crippen LogP contribution in [0.15, 0.2) is 9.52 Å². The van der Waals surface area contributed by atoms with Crippen LogP contribution < -0.4 is 10.6 Å². The van der Waals surface area contributed by atoms with Gasteiger partial charge in [0.15, 0.2) is 11.8 Å². The second-order valence-corrected chi connectivity index (χ2v) is 6.85. The minimum atomic E-state index is -0.0459. The smallest absolute Gasteiger partial charge is 0.228 e. The Morgan fingerprint density at radius 3 is 2.77 bits per heavy atom. The van der Waals surface area contributed by atoms with Crippen LogP contribution in [-0.2, 0) is 11.2 Å². The molecule has 2 heterocycles. The molecule has 2 rings (SSSR count). The molecular formula is C17H32IN5O3. The minimum absolute atomic E-state index is 0. The summed E-state index contributed by atoms with van der Waals surface area (Å²) in [6.45, 7) is 9.77. The number of hydrogen-bond donors (Lipinski definition) is 3. The summed E-state index contributed by atoms with van der Waals surface area (Å²) in [6.07, 6.45) is 2.31. The molecule has 0 saturated carbocycles. The summed E-state index contributed by atoms with van der Waals surface area (Å²) in [7, 11) is 0. The molecule has 1 atom stereocenters. The number of rotatable bonds is 9. The lowest BCUT2D eigenvalue weighted by molar-refractivity contribution is 0.131. The predicted octanol–water partition coefficient (Wildman–Crippen LogP) is 1.70. The van der Waals surface area contributed by atoms with Crippen molar-refractivity contribution in [2.24, 2.45) is 10.4 Å². The van der Waals surface area contributed by atoms with Crippen LogP contribution in [0.5, 0.6) is 0 Å². The van der Waals surface area contributed by atoms with Crippen molar-refractivity contribution < 1.29 is 14.4 Å². The molecule has 1 fully saturated rings. The molecule has 0 aromatic carbocycles. The molecule has 8 nitrogen and oxygen atoms in total. The number of nitrogens with zero attached hydrogens (tertiary/aromatic N) is 3. The van der Waals surface area contributed by atoms with Gasteiger partial charge in [-0.1, -0.05) is 19.0 Å². The maximum atomic E-state index is 9.31. The normalized spacial score (nSPS) is 20.3. The Morgan fingerprint density at radius 1 is 1.38 bits per heavy atom. The van der Waals surface area contributed by atoms with Gasteiger partial charge >= 0.3 is 0 Å². The Kier molecular flexibility index (Phi) is 10.4. The number of aliphatic hydroxyl groups excluding tert-OH is 1. The van der Waals surface area contributed by atoms with Crippen molar-refractivity contribution in [2.75, 3.05) is 39.5 Å². The van der Waals surface area contributed by atoms with Crippen molar-refractivity contribution in [2.45, 2.75) is 46.0 Å². The number of aliphatic imine (C=N–C) groups is 1. The number of ether oxygens (including phenoxy) is 1. The molecule has 1 unspecified atom stereocenters. The average Bonchev–Trinajstić information content (AvgIpc) is 3.23. The third kappa shape index (κ3) is 6.99. The SMILES string of the molecule is CCNC(=NCC1(CCO)CCOC1)NCCc1nc(C(C)C)no1.I. The summed E-state index contributed by atoms with van der Waals surface area (Å²) in [6, 6.07) is 0. The van der Waals surface area contributed by atoms with E-state index in [1.807, 2.05) is 20.8 Å². The maximum absolute atomic E-state index is 9.31. The summed E-state index contributed by atoms with van der Waals surface area (Å²) in [4.78, 5) is 9.06. The number of nitrogens with one attached hydrogen (secondary N) is 2. The van der Waals surface area contributed by atoms with Gasteiger partial charge in [-0.15, -0.1) is 24.0 Å². The quantitative estimate of drug-likeness (QED) is 0.280. The summed E-state index contributed by atoms with van der Waals surface area (Å²) < 4.78 is 10.8. The van der Waals surface area contributed by atoms with E-state index in [1.165, 1.54) is 0 Å². The molecule has 0 amide bonds. The van der Waals surface area contributed by atoms with Gasteiger partial charge in [0.2, 0.25) is 5.89 Å². The Bertz CT molecular complexity index is 544. The van der Waals surface area contributed by atoms with E-state index in [0.29, 0.717) is 32.0 Å². The topological polar surface area (TPSA) is 105 Å². The van der Waals surface area contributed by atoms with Crippen LogP contribution in [0.3, 0.4) is 0 Å². The van der Waals surface area contributed by atoms with Crippen LogP contribution >= 0.6 is 24.0 Å². The Hall–Kier alpha value is -0.940. The predicted molar refractivity (Wildman–Crippen MR) is 111 cm³/mol. The van der Waals surface area contributed by atoms with E-state index in [4.69, 9.17) is 9.26 Å². The first-order valence-corrected chi connectivity index (χ1v) is 9.12. The number of guanidine groups is 1. The zero-order valence-electron chi connectivity index (χ0n) is 16.0. The van der Waals surface area contributed by atoms with Gasteiger partial charge in [-0.25, -0.2) is 0 Å². The van der Waals surface area contributed by atoms with Gasteiger partial charge in [0, 0.05) is 44.1 Å². The highest BCUT2D eigenvalue weighted by atomic mass is 127. The molecule has 1 aromatic rings. The lowest BCUT2D eigenvalue weighted by Gasteiger charge is -2.24. The highest BCUT2D eigenvalue weighted by Crippen LogP contribution is 2.32. The molecule has 1 saturated heterocycles. The lowest BCUT2D eigenvalue weighted by atomic mass is 9.84. The highest BCUT2D eigenvalue weighted by molar-refractivity contribution is 14.0. The molecule has 0 spiro atoms. The van der Waals surface area contributed by atoms with Gasteiger partial charge in [-0.3, -0.25) is 4.99 Å². The molecule has 9 heteroatoms. The Morgan fingerprint density at radius 2 is 2.19 bits per heavy atom. The van der Waals surface area contributed by atoms with Crippen LogP contribution in [0.2, 0.25) is 0 Å². The third-order valence-corrected chi connectivity index (χ3v) is 4.38. The van der Waals surface area contributed by atoms with E-state index in [1.54, 1.807) is 0 Å². The Balaban J connectivity index is 0.00000338. The number of aromatic nitrogens is 2. The zero-order valence-corrected chi connectivity index (χ0v) is 18.3. The van der Waals surface area contributed by atoms with Crippen molar-refractivity contribution in [3.63, 3.8) is 0 Å². The molecule has 3 N–H and O–H groups in total. The molecule has 1 aliphatic rings. The average molecular weight is 481 g/mol. The molecule has 0 radical (unpaired) electrons. The first-order chi connectivity index (χ1) is 12.1. The summed E-state index contributed by atoms with van der Waals surface area (Å²) >= 11 is 0. The fourth-order valence-electron chi connectivity index (χ4n) is 2.77. The van der Waals surface area contributed by atoms with E-state index in [-0.39, 0.29) is 41.9 Å². The largest absolute Gasteiger partial charge is 0.396 e. The second-order valence-electron chi connectivity index (χ2n) is 6.85. The van der Waals surface area contributed by atoms with Crippen molar-refractivity contribution in [1.29, 1.82) is 0 Å². The van der Waals surface area contributed by atoms with Gasteiger partial charge in [0.25, 0.3) is 0 Å². The number of hydrogen-bond acceptors (Lipinski definition) is 6. The van der Waals surface area contributed by atoms with E-state index >= 15 is 0 Å². The van der Waals surface area contributed by atoms with Crippen LogP contribution in [-0.4, -0.2) is 60.7 Å². The standard InChI is InChI=1S/C17H31N5O3.HI/c1-4-18-16(20-11-17(6-9-23)7-10-24-12-17)19-8-5-14-21-15(13(2)3)22-25-14;/h13,23H,4-12H2,1-3H3,(H2,18,19,20);1H. The fraction of sp³-hybridized carbons (Fsp3) is 0.824. The third-order valence-electron chi connectivity index (χ3n) is 4.38. The van der Waals surface area contributed by atoms with Crippen molar-refractivity contribution in [3.05, 3.63) is 11.7 Å². The molecule has 1 aromatic heterocycles. The lowest BCUT2D eigenvalue weighted by Crippen LogP contribution is -2.39. The molecule has 26 heavy (non-hydrogen) atoms. The van der Waals surface area contributed by atoms with E-state index in [9.17, 15) is 5.11 Å². The number of halogens is 1. The molecule has 0 aliphatic carbocycles. The van der Waals surface area contributed by atoms with Crippen LogP contribution in [0.25, 0.3) is 0 Å². The number of aliphatic hydroxyl groups is 1. The fourth-order valence-corrected chi connectivity index (χ4v) is 2.77. The van der Waals surface area contributed by atoms with Gasteiger partial charge in [-0.05, 0) is 19.8 Å². The monoisotopic (exact) mass is 481 g/mol. The van der Waals surface area contributed by atoms with Crippen molar-refractivity contribution >= 4 is 29.9 Å².